The van der Waals surface area contributed by atoms with Crippen LogP contribution in [-0.4, -0.2) is 27.6 Å². The molecule has 0 aliphatic carbocycles. The molecule has 0 aliphatic heterocycles. The maximum absolute atomic E-state index is 11.8. The molecule has 0 bridgehead atoms. The summed E-state index contributed by atoms with van der Waals surface area (Å²) in [6, 6.07) is 3.73. The zero-order chi connectivity index (χ0) is 12.8. The van der Waals surface area contributed by atoms with Crippen LogP contribution in [-0.2, 0) is 6.54 Å². The van der Waals surface area contributed by atoms with Gasteiger partial charge < -0.3 is 10.6 Å². The molecule has 94 valence electrons. The summed E-state index contributed by atoms with van der Waals surface area (Å²) in [5.41, 5.74) is 0.947. The molecule has 0 radical (unpaired) electrons. The number of aromatic nitrogens is 3. The molecule has 2 aromatic rings. The van der Waals surface area contributed by atoms with Crippen molar-refractivity contribution >= 4 is 22.4 Å². The van der Waals surface area contributed by atoms with Gasteiger partial charge in [0.1, 0.15) is 0 Å². The third kappa shape index (κ3) is 3.24. The minimum absolute atomic E-state index is 0.222. The Morgan fingerprint density at radius 1 is 1.44 bits per heavy atom. The van der Waals surface area contributed by atoms with Crippen molar-refractivity contribution in [1.82, 2.24) is 20.5 Å². The predicted molar refractivity (Wildman–Crippen MR) is 69.5 cm³/mol. The first-order valence-corrected chi connectivity index (χ1v) is 6.35. The molecule has 7 heteroatoms. The molecule has 2 rings (SSSR count). The molecule has 6 nitrogen and oxygen atoms in total. The van der Waals surface area contributed by atoms with Gasteiger partial charge in [-0.25, -0.2) is 0 Å². The smallest absolute Gasteiger partial charge is 0.282 e. The molecule has 2 heterocycles. The van der Waals surface area contributed by atoms with E-state index in [1.165, 1.54) is 11.3 Å². The summed E-state index contributed by atoms with van der Waals surface area (Å²) in [5.74, 6) is -0.222. The lowest BCUT2D eigenvalue weighted by Gasteiger charge is -2.01. The molecule has 0 unspecified atom stereocenters. The molecule has 2 aromatic heterocycles. The molecule has 0 saturated carbocycles. The van der Waals surface area contributed by atoms with Gasteiger partial charge in [-0.15, -0.1) is 10.2 Å². The van der Waals surface area contributed by atoms with Gasteiger partial charge in [0.05, 0.1) is 0 Å². The first-order valence-electron chi connectivity index (χ1n) is 5.54. The summed E-state index contributed by atoms with van der Waals surface area (Å²) in [5, 5.41) is 14.5. The Morgan fingerprint density at radius 2 is 2.33 bits per heavy atom. The number of pyridine rings is 1. The summed E-state index contributed by atoms with van der Waals surface area (Å²) in [7, 11) is 0. The SMILES string of the molecule is CCNc1nnc(C(=O)NCc2cccnc2)s1. The standard InChI is InChI=1S/C11H13N5OS/c1-2-13-11-16-15-10(18-11)9(17)14-7-8-4-3-5-12-6-8/h3-6H,2,7H2,1H3,(H,13,16)(H,14,17). The van der Waals surface area contributed by atoms with Gasteiger partial charge in [-0.05, 0) is 18.6 Å². The third-order valence-corrected chi connectivity index (χ3v) is 3.00. The lowest BCUT2D eigenvalue weighted by atomic mass is 10.3. The largest absolute Gasteiger partial charge is 0.360 e. The normalized spacial score (nSPS) is 10.1. The van der Waals surface area contributed by atoms with Gasteiger partial charge in [-0.3, -0.25) is 9.78 Å². The van der Waals surface area contributed by atoms with E-state index >= 15 is 0 Å². The van der Waals surface area contributed by atoms with Crippen LogP contribution < -0.4 is 10.6 Å². The lowest BCUT2D eigenvalue weighted by molar-refractivity contribution is 0.0950. The van der Waals surface area contributed by atoms with E-state index in [-0.39, 0.29) is 5.91 Å². The molecule has 0 fully saturated rings. The van der Waals surface area contributed by atoms with Crippen molar-refractivity contribution in [3.8, 4) is 0 Å². The van der Waals surface area contributed by atoms with E-state index in [1.54, 1.807) is 12.4 Å². The number of hydrogen-bond acceptors (Lipinski definition) is 6. The summed E-state index contributed by atoms with van der Waals surface area (Å²) in [6.07, 6.45) is 3.41. The van der Waals surface area contributed by atoms with Gasteiger partial charge in [0.2, 0.25) is 10.1 Å². The molecule has 0 aliphatic rings. The Labute approximate surface area is 108 Å². The molecule has 1 amide bonds. The van der Waals surface area contributed by atoms with Crippen LogP contribution in [0.15, 0.2) is 24.5 Å². The molecular formula is C11H13N5OS. The molecule has 0 saturated heterocycles. The van der Waals surface area contributed by atoms with Crippen molar-refractivity contribution in [3.63, 3.8) is 0 Å². The summed E-state index contributed by atoms with van der Waals surface area (Å²) in [6.45, 7) is 3.15. The lowest BCUT2D eigenvalue weighted by Crippen LogP contribution is -2.22. The van der Waals surface area contributed by atoms with E-state index in [2.05, 4.69) is 25.8 Å². The first kappa shape index (κ1) is 12.4. The zero-order valence-corrected chi connectivity index (χ0v) is 10.7. The average Bonchev–Trinajstić information content (AvgIpc) is 2.86. The number of nitrogens with zero attached hydrogens (tertiary/aromatic N) is 3. The van der Waals surface area contributed by atoms with Crippen molar-refractivity contribution in [2.45, 2.75) is 13.5 Å². The van der Waals surface area contributed by atoms with Crippen LogP contribution in [0.3, 0.4) is 0 Å². The molecule has 2 N–H and O–H groups in total. The minimum Gasteiger partial charge on any atom is -0.360 e. The zero-order valence-electron chi connectivity index (χ0n) is 9.88. The van der Waals surface area contributed by atoms with Crippen LogP contribution in [0, 0.1) is 0 Å². The highest BCUT2D eigenvalue weighted by atomic mass is 32.1. The second kappa shape index (κ2) is 6.06. The number of nitrogens with one attached hydrogen (secondary N) is 2. The maximum atomic E-state index is 11.8. The number of carbonyl (C=O) groups is 1. The van der Waals surface area contributed by atoms with Crippen LogP contribution in [0.2, 0.25) is 0 Å². The van der Waals surface area contributed by atoms with Crippen LogP contribution >= 0.6 is 11.3 Å². The van der Waals surface area contributed by atoms with Crippen molar-refractivity contribution in [2.24, 2.45) is 0 Å². The van der Waals surface area contributed by atoms with Gasteiger partial charge in [0, 0.05) is 25.5 Å². The van der Waals surface area contributed by atoms with E-state index in [4.69, 9.17) is 0 Å². The van der Waals surface area contributed by atoms with Crippen molar-refractivity contribution in [2.75, 3.05) is 11.9 Å². The molecule has 18 heavy (non-hydrogen) atoms. The number of hydrogen-bond donors (Lipinski definition) is 2. The van der Waals surface area contributed by atoms with Crippen molar-refractivity contribution < 1.29 is 4.79 Å². The maximum Gasteiger partial charge on any atom is 0.282 e. The van der Waals surface area contributed by atoms with Gasteiger partial charge in [-0.2, -0.15) is 0 Å². The van der Waals surface area contributed by atoms with Crippen molar-refractivity contribution in [1.29, 1.82) is 0 Å². The summed E-state index contributed by atoms with van der Waals surface area (Å²) >= 11 is 1.24. The fraction of sp³-hybridized carbons (Fsp3) is 0.273. The fourth-order valence-corrected chi connectivity index (χ4v) is 2.03. The van der Waals surface area contributed by atoms with E-state index in [1.807, 2.05) is 19.1 Å². The van der Waals surface area contributed by atoms with E-state index in [9.17, 15) is 4.79 Å². The molecular weight excluding hydrogens is 250 g/mol. The van der Waals surface area contributed by atoms with E-state index in [0.29, 0.717) is 16.7 Å². The predicted octanol–water partition coefficient (Wildman–Crippen LogP) is 1.29. The Morgan fingerprint density at radius 3 is 3.06 bits per heavy atom. The Balaban J connectivity index is 1.91. The fourth-order valence-electron chi connectivity index (χ4n) is 1.30. The molecule has 0 atom stereocenters. The van der Waals surface area contributed by atoms with Crippen molar-refractivity contribution in [3.05, 3.63) is 35.1 Å². The number of anilines is 1. The van der Waals surface area contributed by atoms with E-state index < -0.39 is 0 Å². The Hall–Kier alpha value is -2.02. The van der Waals surface area contributed by atoms with Crippen LogP contribution in [0.1, 0.15) is 22.3 Å². The second-order valence-electron chi connectivity index (χ2n) is 3.49. The Bertz CT molecular complexity index is 513. The van der Waals surface area contributed by atoms with Gasteiger partial charge in [0.25, 0.3) is 5.91 Å². The summed E-state index contributed by atoms with van der Waals surface area (Å²) in [4.78, 5) is 15.8. The van der Waals surface area contributed by atoms with Gasteiger partial charge in [0.15, 0.2) is 0 Å². The highest BCUT2D eigenvalue weighted by molar-refractivity contribution is 7.17. The second-order valence-corrected chi connectivity index (χ2v) is 4.46. The first-order chi connectivity index (χ1) is 8.79. The number of carbonyl (C=O) groups excluding carboxylic acids is 1. The van der Waals surface area contributed by atoms with Crippen LogP contribution in [0.4, 0.5) is 5.13 Å². The third-order valence-electron chi connectivity index (χ3n) is 2.12. The van der Waals surface area contributed by atoms with Gasteiger partial charge >= 0.3 is 0 Å². The van der Waals surface area contributed by atoms with Crippen LogP contribution in [0.25, 0.3) is 0 Å². The summed E-state index contributed by atoms with van der Waals surface area (Å²) < 4.78 is 0. The highest BCUT2D eigenvalue weighted by Gasteiger charge is 2.11. The van der Waals surface area contributed by atoms with Crippen LogP contribution in [0.5, 0.6) is 0 Å². The van der Waals surface area contributed by atoms with E-state index in [0.717, 1.165) is 12.1 Å². The highest BCUT2D eigenvalue weighted by Crippen LogP contribution is 2.14. The average molecular weight is 263 g/mol. The Kier molecular flexibility index (Phi) is 4.19. The topological polar surface area (TPSA) is 79.8 Å². The monoisotopic (exact) mass is 263 g/mol. The minimum atomic E-state index is -0.222. The van der Waals surface area contributed by atoms with Gasteiger partial charge in [-0.1, -0.05) is 17.4 Å². The number of amides is 1. The number of rotatable bonds is 5. The molecule has 0 aromatic carbocycles. The quantitative estimate of drug-likeness (QED) is 0.849. The molecule has 0 spiro atoms.